The van der Waals surface area contributed by atoms with E-state index in [-0.39, 0.29) is 6.04 Å². The quantitative estimate of drug-likeness (QED) is 0.764. The van der Waals surface area contributed by atoms with Crippen molar-refractivity contribution in [2.45, 2.75) is 24.3 Å². The molecule has 1 fully saturated rings. The van der Waals surface area contributed by atoms with Gasteiger partial charge < -0.3 is 9.64 Å². The van der Waals surface area contributed by atoms with Gasteiger partial charge in [-0.3, -0.25) is 0 Å². The molecule has 0 aromatic heterocycles. The van der Waals surface area contributed by atoms with Gasteiger partial charge in [0.25, 0.3) is 0 Å². The lowest BCUT2D eigenvalue weighted by Gasteiger charge is -2.28. The predicted octanol–water partition coefficient (Wildman–Crippen LogP) is 1.18. The lowest BCUT2D eigenvalue weighted by molar-refractivity contribution is -0.909. The van der Waals surface area contributed by atoms with Crippen LogP contribution in [0.2, 0.25) is 0 Å². The highest BCUT2D eigenvalue weighted by Crippen LogP contribution is 2.17. The van der Waals surface area contributed by atoms with Gasteiger partial charge in [-0.15, -0.1) is 0 Å². The molecule has 1 aliphatic rings. The van der Waals surface area contributed by atoms with Crippen LogP contribution < -0.4 is 9.62 Å². The molecule has 26 heavy (non-hydrogen) atoms. The summed E-state index contributed by atoms with van der Waals surface area (Å²) in [6.45, 7) is 6.01. The first-order valence-electron chi connectivity index (χ1n) is 9.16. The Morgan fingerprint density at radius 3 is 2.31 bits per heavy atom. The van der Waals surface area contributed by atoms with Crippen LogP contribution >= 0.6 is 0 Å². The second kappa shape index (κ2) is 8.77. The Hall–Kier alpha value is -1.73. The number of sulfonamides is 1. The Bertz CT molecular complexity index is 786. The van der Waals surface area contributed by atoms with E-state index in [1.165, 1.54) is 4.90 Å². The van der Waals surface area contributed by atoms with Crippen LogP contribution in [-0.4, -0.2) is 41.3 Å². The van der Waals surface area contributed by atoms with Crippen LogP contribution in [0.25, 0.3) is 0 Å². The molecule has 5 nitrogen and oxygen atoms in total. The number of quaternary nitrogens is 1. The summed E-state index contributed by atoms with van der Waals surface area (Å²) in [6, 6.07) is 16.7. The molecule has 0 bridgehead atoms. The molecule has 6 heteroatoms. The SMILES string of the molecule is CCc1ccc(S(=O)(=O)N[C@H](C[NH+]2CCOCC2)c2ccccc2)cc1. The number of benzene rings is 2. The molecule has 1 heterocycles. The molecule has 2 N–H and O–H groups in total. The minimum Gasteiger partial charge on any atom is -0.370 e. The average molecular weight is 376 g/mol. The fourth-order valence-corrected chi connectivity index (χ4v) is 4.45. The smallest absolute Gasteiger partial charge is 0.241 e. The molecule has 0 spiro atoms. The highest BCUT2D eigenvalue weighted by Gasteiger charge is 2.26. The van der Waals surface area contributed by atoms with Gasteiger partial charge in [0.15, 0.2) is 0 Å². The molecule has 1 aliphatic heterocycles. The van der Waals surface area contributed by atoms with Crippen molar-refractivity contribution in [2.75, 3.05) is 32.8 Å². The van der Waals surface area contributed by atoms with Gasteiger partial charge in [-0.25, -0.2) is 8.42 Å². The Morgan fingerprint density at radius 1 is 1.04 bits per heavy atom. The summed E-state index contributed by atoms with van der Waals surface area (Å²) in [5.41, 5.74) is 2.11. The first-order valence-corrected chi connectivity index (χ1v) is 10.6. The third-order valence-corrected chi connectivity index (χ3v) is 6.32. The van der Waals surface area contributed by atoms with Crippen LogP contribution in [-0.2, 0) is 21.2 Å². The van der Waals surface area contributed by atoms with Gasteiger partial charge in [0.1, 0.15) is 13.1 Å². The van der Waals surface area contributed by atoms with Crippen LogP contribution in [0, 0.1) is 0 Å². The van der Waals surface area contributed by atoms with E-state index in [2.05, 4.69) is 11.6 Å². The molecule has 2 aromatic carbocycles. The van der Waals surface area contributed by atoms with E-state index < -0.39 is 10.0 Å². The standard InChI is InChI=1S/C20H26N2O3S/c1-2-17-8-10-19(11-9-17)26(23,24)21-20(18-6-4-3-5-7-18)16-22-12-14-25-15-13-22/h3-11,20-21H,2,12-16H2,1H3/p+1/t20-/m1/s1. The number of hydrogen-bond acceptors (Lipinski definition) is 3. The van der Waals surface area contributed by atoms with E-state index in [1.807, 2.05) is 42.5 Å². The zero-order chi connectivity index (χ0) is 18.4. The monoisotopic (exact) mass is 375 g/mol. The van der Waals surface area contributed by atoms with Crippen LogP contribution in [0.15, 0.2) is 59.5 Å². The van der Waals surface area contributed by atoms with Crippen molar-refractivity contribution in [3.63, 3.8) is 0 Å². The first-order chi connectivity index (χ1) is 12.6. The van der Waals surface area contributed by atoms with Crippen molar-refractivity contribution in [3.05, 3.63) is 65.7 Å². The van der Waals surface area contributed by atoms with Crippen LogP contribution in [0.3, 0.4) is 0 Å². The van der Waals surface area contributed by atoms with Gasteiger partial charge in [-0.1, -0.05) is 49.4 Å². The fourth-order valence-electron chi connectivity index (χ4n) is 3.23. The molecule has 1 saturated heterocycles. The van der Waals surface area contributed by atoms with E-state index in [1.54, 1.807) is 12.1 Å². The Kier molecular flexibility index (Phi) is 6.43. The molecule has 0 radical (unpaired) electrons. The summed E-state index contributed by atoms with van der Waals surface area (Å²) in [5, 5.41) is 0. The lowest BCUT2D eigenvalue weighted by Crippen LogP contribution is -3.14. The van der Waals surface area contributed by atoms with E-state index in [9.17, 15) is 8.42 Å². The molecular formula is C20H27N2O3S+. The molecule has 0 unspecified atom stereocenters. The van der Waals surface area contributed by atoms with Gasteiger partial charge in [-0.05, 0) is 29.7 Å². The topological polar surface area (TPSA) is 59.8 Å². The van der Waals surface area contributed by atoms with E-state index >= 15 is 0 Å². The molecule has 1 atom stereocenters. The van der Waals surface area contributed by atoms with Crippen molar-refractivity contribution in [3.8, 4) is 0 Å². The van der Waals surface area contributed by atoms with Gasteiger partial charge in [0.2, 0.25) is 10.0 Å². The highest BCUT2D eigenvalue weighted by atomic mass is 32.2. The summed E-state index contributed by atoms with van der Waals surface area (Å²) in [5.74, 6) is 0. The molecule has 140 valence electrons. The molecule has 0 saturated carbocycles. The van der Waals surface area contributed by atoms with Crippen molar-refractivity contribution in [1.82, 2.24) is 4.72 Å². The van der Waals surface area contributed by atoms with Gasteiger partial charge >= 0.3 is 0 Å². The van der Waals surface area contributed by atoms with Crippen LogP contribution in [0.4, 0.5) is 0 Å². The van der Waals surface area contributed by atoms with Gasteiger partial charge in [0.05, 0.1) is 30.7 Å². The zero-order valence-corrected chi connectivity index (χ0v) is 16.0. The first kappa shape index (κ1) is 19.0. The Labute approximate surface area is 156 Å². The number of hydrogen-bond donors (Lipinski definition) is 2. The molecular weight excluding hydrogens is 348 g/mol. The van der Waals surface area contributed by atoms with Gasteiger partial charge in [0, 0.05) is 0 Å². The number of nitrogens with one attached hydrogen (secondary N) is 2. The summed E-state index contributed by atoms with van der Waals surface area (Å²) >= 11 is 0. The molecule has 0 amide bonds. The molecule has 2 aromatic rings. The van der Waals surface area contributed by atoms with Gasteiger partial charge in [-0.2, -0.15) is 4.72 Å². The van der Waals surface area contributed by atoms with E-state index in [4.69, 9.17) is 4.74 Å². The van der Waals surface area contributed by atoms with Crippen LogP contribution in [0.5, 0.6) is 0 Å². The average Bonchev–Trinajstić information content (AvgIpc) is 2.69. The number of aryl methyl sites for hydroxylation is 1. The molecule has 3 rings (SSSR count). The maximum absolute atomic E-state index is 12.9. The highest BCUT2D eigenvalue weighted by molar-refractivity contribution is 7.89. The summed E-state index contributed by atoms with van der Waals surface area (Å²) in [7, 11) is -3.58. The van der Waals surface area contributed by atoms with Crippen molar-refractivity contribution in [2.24, 2.45) is 0 Å². The summed E-state index contributed by atoms with van der Waals surface area (Å²) in [6.07, 6.45) is 0.890. The van der Waals surface area contributed by atoms with Crippen molar-refractivity contribution < 1.29 is 18.1 Å². The maximum atomic E-state index is 12.9. The Morgan fingerprint density at radius 2 is 1.69 bits per heavy atom. The lowest BCUT2D eigenvalue weighted by atomic mass is 10.1. The second-order valence-corrected chi connectivity index (χ2v) is 8.36. The third kappa shape index (κ3) is 4.92. The second-order valence-electron chi connectivity index (χ2n) is 6.65. The minimum absolute atomic E-state index is 0.264. The fraction of sp³-hybridized carbons (Fsp3) is 0.400. The predicted molar refractivity (Wildman–Crippen MR) is 102 cm³/mol. The third-order valence-electron chi connectivity index (χ3n) is 4.83. The molecule has 0 aliphatic carbocycles. The van der Waals surface area contributed by atoms with Crippen molar-refractivity contribution >= 4 is 10.0 Å². The maximum Gasteiger partial charge on any atom is 0.241 e. The zero-order valence-electron chi connectivity index (χ0n) is 15.1. The number of ether oxygens (including phenoxy) is 1. The van der Waals surface area contributed by atoms with Crippen molar-refractivity contribution in [1.29, 1.82) is 0 Å². The van der Waals surface area contributed by atoms with E-state index in [0.717, 1.165) is 43.9 Å². The van der Waals surface area contributed by atoms with Crippen LogP contribution in [0.1, 0.15) is 24.1 Å². The largest absolute Gasteiger partial charge is 0.370 e. The minimum atomic E-state index is -3.58. The number of morpholine rings is 1. The summed E-state index contributed by atoms with van der Waals surface area (Å²) in [4.78, 5) is 1.67. The normalized spacial score (nSPS) is 17.1. The Balaban J connectivity index is 1.81. The van der Waals surface area contributed by atoms with E-state index in [0.29, 0.717) is 11.4 Å². The summed E-state index contributed by atoms with van der Waals surface area (Å²) < 4.78 is 34.2. The number of rotatable bonds is 7.